The molecule has 1 atom stereocenters. The Morgan fingerprint density at radius 1 is 1.21 bits per heavy atom. The normalized spacial score (nSPS) is 16.0. The first-order valence-electron chi connectivity index (χ1n) is 9.27. The largest absolute Gasteiger partial charge is 0.492 e. The molecule has 2 amide bonds. The summed E-state index contributed by atoms with van der Waals surface area (Å²) >= 11 is 0. The van der Waals surface area contributed by atoms with Crippen LogP contribution in [0, 0.1) is 6.92 Å². The van der Waals surface area contributed by atoms with Crippen LogP contribution in [0.15, 0.2) is 35.1 Å². The van der Waals surface area contributed by atoms with Gasteiger partial charge in [-0.05, 0) is 31.0 Å². The highest BCUT2D eigenvalue weighted by Crippen LogP contribution is 2.16. The standard InChI is InChI=1S/C20H23N3O5/c1-3-4-17-21-13(2)11-18(24)23(17)9-10-27-15-7-5-14(6-8-15)12-16-19(25)22-20(26)28-16/h5-8,11,16H,3-4,9-10,12H2,1-2H3,(H,22,25,26). The topological polar surface area (TPSA) is 99.5 Å². The number of imide groups is 1. The molecule has 0 saturated carbocycles. The van der Waals surface area contributed by atoms with Crippen LogP contribution < -0.4 is 15.6 Å². The molecule has 2 aromatic rings. The van der Waals surface area contributed by atoms with Gasteiger partial charge in [-0.3, -0.25) is 19.5 Å². The lowest BCUT2D eigenvalue weighted by Crippen LogP contribution is -2.27. The van der Waals surface area contributed by atoms with E-state index in [0.29, 0.717) is 25.3 Å². The molecule has 3 rings (SSSR count). The van der Waals surface area contributed by atoms with E-state index in [-0.39, 0.29) is 5.56 Å². The SMILES string of the molecule is CCCc1nc(C)cc(=O)n1CCOc1ccc(CC2OC(=O)NC2=O)cc1. The summed E-state index contributed by atoms with van der Waals surface area (Å²) in [5.41, 5.74) is 1.51. The van der Waals surface area contributed by atoms with E-state index in [2.05, 4.69) is 10.3 Å². The molecule has 1 aliphatic heterocycles. The Morgan fingerprint density at radius 2 is 1.96 bits per heavy atom. The highest BCUT2D eigenvalue weighted by molar-refractivity contribution is 6.00. The molecule has 1 N–H and O–H groups in total. The van der Waals surface area contributed by atoms with Crippen LogP contribution in [0.2, 0.25) is 0 Å². The molecule has 0 spiro atoms. The van der Waals surface area contributed by atoms with E-state index >= 15 is 0 Å². The van der Waals surface area contributed by atoms with Crippen molar-refractivity contribution in [3.63, 3.8) is 0 Å². The molecule has 0 aliphatic carbocycles. The molecule has 8 nitrogen and oxygen atoms in total. The number of benzene rings is 1. The van der Waals surface area contributed by atoms with Crippen LogP contribution in [-0.2, 0) is 28.9 Å². The van der Waals surface area contributed by atoms with Gasteiger partial charge < -0.3 is 9.47 Å². The van der Waals surface area contributed by atoms with Gasteiger partial charge in [0.2, 0.25) is 0 Å². The summed E-state index contributed by atoms with van der Waals surface area (Å²) in [6.07, 6.45) is 0.454. The minimum absolute atomic E-state index is 0.0701. The zero-order valence-electron chi connectivity index (χ0n) is 15.9. The molecule has 0 radical (unpaired) electrons. The van der Waals surface area contributed by atoms with Crippen molar-refractivity contribution in [2.75, 3.05) is 6.61 Å². The lowest BCUT2D eigenvalue weighted by Gasteiger charge is -2.13. The van der Waals surface area contributed by atoms with Crippen LogP contribution in [0.3, 0.4) is 0 Å². The van der Waals surface area contributed by atoms with Gasteiger partial charge in [0, 0.05) is 24.6 Å². The number of rotatable bonds is 8. The molecular weight excluding hydrogens is 362 g/mol. The summed E-state index contributed by atoms with van der Waals surface area (Å²) in [7, 11) is 0. The Balaban J connectivity index is 1.57. The van der Waals surface area contributed by atoms with Crippen LogP contribution in [0.5, 0.6) is 5.75 Å². The quantitative estimate of drug-likeness (QED) is 0.743. The summed E-state index contributed by atoms with van der Waals surface area (Å²) in [5.74, 6) is 1.00. The van der Waals surface area contributed by atoms with Crippen molar-refractivity contribution in [1.82, 2.24) is 14.9 Å². The maximum absolute atomic E-state index is 12.2. The molecule has 0 bridgehead atoms. The molecule has 148 valence electrons. The Bertz CT molecular complexity index is 920. The van der Waals surface area contributed by atoms with Gasteiger partial charge >= 0.3 is 6.09 Å². The Labute approximate surface area is 162 Å². The van der Waals surface area contributed by atoms with Crippen LogP contribution in [0.25, 0.3) is 0 Å². The van der Waals surface area contributed by atoms with Crippen LogP contribution in [0.1, 0.15) is 30.4 Å². The summed E-state index contributed by atoms with van der Waals surface area (Å²) in [6.45, 7) is 4.62. The number of ether oxygens (including phenoxy) is 2. The number of nitrogens with zero attached hydrogens (tertiary/aromatic N) is 2. The van der Waals surface area contributed by atoms with Crippen molar-refractivity contribution in [2.24, 2.45) is 0 Å². The zero-order valence-corrected chi connectivity index (χ0v) is 15.9. The molecular formula is C20H23N3O5. The van der Waals surface area contributed by atoms with Gasteiger partial charge in [0.15, 0.2) is 6.10 Å². The molecule has 1 saturated heterocycles. The monoisotopic (exact) mass is 385 g/mol. The Kier molecular flexibility index (Phi) is 6.08. The third-order valence-electron chi connectivity index (χ3n) is 4.38. The van der Waals surface area contributed by atoms with E-state index in [1.165, 1.54) is 6.07 Å². The number of carbonyl (C=O) groups excluding carboxylic acids is 2. The smallest absolute Gasteiger partial charge is 0.414 e. The number of aromatic nitrogens is 2. The number of alkyl carbamates (subject to hydrolysis) is 1. The molecule has 1 fully saturated rings. The highest BCUT2D eigenvalue weighted by Gasteiger charge is 2.31. The van der Waals surface area contributed by atoms with Crippen molar-refractivity contribution in [3.05, 3.63) is 57.8 Å². The fourth-order valence-electron chi connectivity index (χ4n) is 3.05. The molecule has 1 aromatic heterocycles. The van der Waals surface area contributed by atoms with E-state index in [1.54, 1.807) is 16.7 Å². The van der Waals surface area contributed by atoms with E-state index in [1.807, 2.05) is 26.0 Å². The van der Waals surface area contributed by atoms with Crippen molar-refractivity contribution in [2.45, 2.75) is 45.8 Å². The maximum atomic E-state index is 12.2. The number of nitrogens with one attached hydrogen (secondary N) is 1. The van der Waals surface area contributed by atoms with Gasteiger partial charge in [0.05, 0.1) is 6.54 Å². The van der Waals surface area contributed by atoms with E-state index < -0.39 is 18.1 Å². The molecule has 1 aromatic carbocycles. The van der Waals surface area contributed by atoms with Gasteiger partial charge in [-0.25, -0.2) is 9.78 Å². The van der Waals surface area contributed by atoms with Crippen molar-refractivity contribution in [1.29, 1.82) is 0 Å². The minimum atomic E-state index is -0.794. The number of cyclic esters (lactones) is 1. The fourth-order valence-corrected chi connectivity index (χ4v) is 3.05. The average Bonchev–Trinajstić information content (AvgIpc) is 2.96. The number of amides is 2. The van der Waals surface area contributed by atoms with Crippen LogP contribution in [0.4, 0.5) is 4.79 Å². The predicted octanol–water partition coefficient (Wildman–Crippen LogP) is 1.76. The fraction of sp³-hybridized carbons (Fsp3) is 0.400. The minimum Gasteiger partial charge on any atom is -0.492 e. The maximum Gasteiger partial charge on any atom is 0.414 e. The third kappa shape index (κ3) is 4.76. The summed E-state index contributed by atoms with van der Waals surface area (Å²) < 4.78 is 12.3. The Morgan fingerprint density at radius 3 is 2.61 bits per heavy atom. The van der Waals surface area contributed by atoms with Gasteiger partial charge in [-0.15, -0.1) is 0 Å². The lowest BCUT2D eigenvalue weighted by atomic mass is 10.1. The zero-order chi connectivity index (χ0) is 20.1. The van der Waals surface area contributed by atoms with Gasteiger partial charge in [-0.2, -0.15) is 0 Å². The number of hydrogen-bond acceptors (Lipinski definition) is 6. The van der Waals surface area contributed by atoms with Crippen molar-refractivity contribution in [3.8, 4) is 5.75 Å². The number of carbonyl (C=O) groups is 2. The van der Waals surface area contributed by atoms with Crippen molar-refractivity contribution >= 4 is 12.0 Å². The molecule has 2 heterocycles. The van der Waals surface area contributed by atoms with Crippen LogP contribution >= 0.6 is 0 Å². The highest BCUT2D eigenvalue weighted by atomic mass is 16.6. The first-order valence-corrected chi connectivity index (χ1v) is 9.27. The summed E-state index contributed by atoms with van der Waals surface area (Å²) in [5, 5.41) is 2.11. The summed E-state index contributed by atoms with van der Waals surface area (Å²) in [4.78, 5) is 39.3. The van der Waals surface area contributed by atoms with Crippen LogP contribution in [-0.4, -0.2) is 34.3 Å². The molecule has 28 heavy (non-hydrogen) atoms. The van der Waals surface area contributed by atoms with Gasteiger partial charge in [-0.1, -0.05) is 19.1 Å². The molecule has 1 aliphatic rings. The number of hydrogen-bond donors (Lipinski definition) is 1. The average molecular weight is 385 g/mol. The second kappa shape index (κ2) is 8.69. The Hall–Kier alpha value is -3.16. The predicted molar refractivity (Wildman–Crippen MR) is 101 cm³/mol. The third-order valence-corrected chi connectivity index (χ3v) is 4.38. The first-order chi connectivity index (χ1) is 13.5. The first kappa shape index (κ1) is 19.6. The molecule has 8 heteroatoms. The summed E-state index contributed by atoms with van der Waals surface area (Å²) in [6, 6.07) is 8.73. The second-order valence-corrected chi connectivity index (χ2v) is 6.63. The molecule has 1 unspecified atom stereocenters. The van der Waals surface area contributed by atoms with Crippen molar-refractivity contribution < 1.29 is 19.1 Å². The van der Waals surface area contributed by atoms with E-state index in [4.69, 9.17) is 9.47 Å². The van der Waals surface area contributed by atoms with E-state index in [9.17, 15) is 14.4 Å². The lowest BCUT2D eigenvalue weighted by molar-refractivity contribution is -0.123. The van der Waals surface area contributed by atoms with Gasteiger partial charge in [0.25, 0.3) is 11.5 Å². The number of aryl methyl sites for hydroxylation is 2. The second-order valence-electron chi connectivity index (χ2n) is 6.63. The van der Waals surface area contributed by atoms with E-state index in [0.717, 1.165) is 29.9 Å². The van der Waals surface area contributed by atoms with Gasteiger partial charge in [0.1, 0.15) is 18.2 Å².